The van der Waals surface area contributed by atoms with Gasteiger partial charge in [0.15, 0.2) is 0 Å². The van der Waals surface area contributed by atoms with Crippen molar-refractivity contribution in [1.29, 1.82) is 0 Å². The number of non-ortho nitro benzene ring substituents is 1. The molecule has 1 aliphatic rings. The lowest BCUT2D eigenvalue weighted by Crippen LogP contribution is -2.55. The van der Waals surface area contributed by atoms with Crippen molar-refractivity contribution >= 4 is 33.2 Å². The lowest BCUT2D eigenvalue weighted by molar-refractivity contribution is -0.384. The van der Waals surface area contributed by atoms with E-state index in [0.717, 1.165) is 48.0 Å². The Morgan fingerprint density at radius 2 is 1.50 bits per heavy atom. The highest BCUT2D eigenvalue weighted by atomic mass is 32.2. The number of hydrogen-bond donors (Lipinski definition) is 1. The van der Waals surface area contributed by atoms with E-state index in [1.165, 1.54) is 71.6 Å². The fourth-order valence-electron chi connectivity index (χ4n) is 5.89. The maximum Gasteiger partial charge on any atom is 0.271 e. The van der Waals surface area contributed by atoms with Gasteiger partial charge in [-0.05, 0) is 54.3 Å². The minimum absolute atomic E-state index is 0.0629. The molecule has 0 aromatic heterocycles. The molecule has 12 heteroatoms. The van der Waals surface area contributed by atoms with Gasteiger partial charge in [-0.1, -0.05) is 86.0 Å². The third-order valence-corrected chi connectivity index (χ3v) is 10.2. The summed E-state index contributed by atoms with van der Waals surface area (Å²) in [5.74, 6) is -1.57. The number of hydrogen-bond acceptors (Lipinski definition) is 6. The quantitative estimate of drug-likeness (QED) is 0.137. The summed E-state index contributed by atoms with van der Waals surface area (Å²) < 4.78 is 42.9. The molecule has 250 valence electrons. The van der Waals surface area contributed by atoms with Gasteiger partial charge in [0.25, 0.3) is 15.7 Å². The van der Waals surface area contributed by atoms with Crippen LogP contribution in [0.4, 0.5) is 15.8 Å². The summed E-state index contributed by atoms with van der Waals surface area (Å²) in [6, 6.07) is 26.1. The molecule has 0 unspecified atom stereocenters. The van der Waals surface area contributed by atoms with E-state index < -0.39 is 39.3 Å². The lowest BCUT2D eigenvalue weighted by Gasteiger charge is -2.35. The SMILES string of the molecule is O=C(NC1CCCCC1)[C@@H](Cc1ccccc1)N(Cc1ccc(F)cc1)C(=O)CN(c1cccc([N+](=O)[O-])c1)S(=O)(=O)c1ccccc1. The second kappa shape index (κ2) is 15.7. The number of sulfonamides is 1. The third kappa shape index (κ3) is 8.62. The predicted molar refractivity (Wildman–Crippen MR) is 180 cm³/mol. The molecule has 4 aromatic carbocycles. The fourth-order valence-corrected chi connectivity index (χ4v) is 7.32. The van der Waals surface area contributed by atoms with Gasteiger partial charge in [0.2, 0.25) is 11.8 Å². The van der Waals surface area contributed by atoms with E-state index in [1.54, 1.807) is 6.07 Å². The number of amides is 2. The zero-order valence-electron chi connectivity index (χ0n) is 26.3. The molecule has 0 radical (unpaired) electrons. The minimum atomic E-state index is -4.42. The number of rotatable bonds is 13. The van der Waals surface area contributed by atoms with Crippen LogP contribution in [-0.4, -0.2) is 48.7 Å². The first-order valence-electron chi connectivity index (χ1n) is 15.8. The number of halogens is 1. The van der Waals surface area contributed by atoms with Crippen LogP contribution in [0.15, 0.2) is 114 Å². The highest BCUT2D eigenvalue weighted by molar-refractivity contribution is 7.92. The van der Waals surface area contributed by atoms with Crippen LogP contribution in [0.2, 0.25) is 0 Å². The van der Waals surface area contributed by atoms with Crippen molar-refractivity contribution in [1.82, 2.24) is 10.2 Å². The van der Waals surface area contributed by atoms with E-state index in [9.17, 15) is 32.5 Å². The van der Waals surface area contributed by atoms with Crippen molar-refractivity contribution in [3.05, 3.63) is 136 Å². The number of nitro benzene ring substituents is 1. The third-order valence-electron chi connectivity index (χ3n) is 8.43. The average molecular weight is 673 g/mol. The van der Waals surface area contributed by atoms with Crippen LogP contribution in [0.25, 0.3) is 0 Å². The van der Waals surface area contributed by atoms with Crippen LogP contribution in [0.5, 0.6) is 0 Å². The molecular formula is C36H37FN4O6S. The average Bonchev–Trinajstić information content (AvgIpc) is 3.10. The van der Waals surface area contributed by atoms with Crippen molar-refractivity contribution in [3.63, 3.8) is 0 Å². The summed E-state index contributed by atoms with van der Waals surface area (Å²) in [6.07, 6.45) is 4.79. The molecule has 1 atom stereocenters. The normalized spacial score (nSPS) is 14.1. The summed E-state index contributed by atoms with van der Waals surface area (Å²) in [6.45, 7) is -0.884. The largest absolute Gasteiger partial charge is 0.352 e. The molecular weight excluding hydrogens is 635 g/mol. The van der Waals surface area contributed by atoms with Gasteiger partial charge in [0.05, 0.1) is 15.5 Å². The Labute approximate surface area is 279 Å². The molecule has 1 fully saturated rings. The molecule has 4 aromatic rings. The Morgan fingerprint density at radius 3 is 2.15 bits per heavy atom. The Kier molecular flexibility index (Phi) is 11.2. The molecule has 1 N–H and O–H groups in total. The summed E-state index contributed by atoms with van der Waals surface area (Å²) in [7, 11) is -4.42. The van der Waals surface area contributed by atoms with Crippen molar-refractivity contribution < 1.29 is 27.3 Å². The number of benzene rings is 4. The molecule has 1 aliphatic carbocycles. The van der Waals surface area contributed by atoms with Crippen molar-refractivity contribution in [2.45, 2.75) is 62.0 Å². The summed E-state index contributed by atoms with van der Waals surface area (Å²) in [5.41, 5.74) is 0.867. The van der Waals surface area contributed by atoms with Crippen LogP contribution in [-0.2, 0) is 32.6 Å². The number of nitrogens with one attached hydrogen (secondary N) is 1. The number of carbonyl (C=O) groups excluding carboxylic acids is 2. The predicted octanol–water partition coefficient (Wildman–Crippen LogP) is 6.02. The standard InChI is InChI=1S/C36H37FN4O6S/c37-29-21-19-28(20-22-29)25-39(34(23-27-11-4-1-5-12-27)36(43)38-30-13-6-2-7-14-30)35(42)26-40(31-15-10-16-32(24-31)41(44)45)48(46,47)33-17-8-3-9-18-33/h1,3-5,8-12,15-22,24,30,34H,2,6-7,13-14,23,25-26H2,(H,38,43)/t34-/m1/s1. The molecule has 10 nitrogen and oxygen atoms in total. The topological polar surface area (TPSA) is 130 Å². The number of carbonyl (C=O) groups is 2. The highest BCUT2D eigenvalue weighted by Crippen LogP contribution is 2.28. The van der Waals surface area contributed by atoms with Crippen LogP contribution in [0.3, 0.4) is 0 Å². The first-order chi connectivity index (χ1) is 23.1. The number of anilines is 1. The van der Waals surface area contributed by atoms with Crippen LogP contribution in [0.1, 0.15) is 43.2 Å². The van der Waals surface area contributed by atoms with Gasteiger partial charge in [-0.15, -0.1) is 0 Å². The van der Waals surface area contributed by atoms with Gasteiger partial charge in [-0.25, -0.2) is 12.8 Å². The molecule has 0 bridgehead atoms. The molecule has 0 saturated heterocycles. The fraction of sp³-hybridized carbons (Fsp3) is 0.278. The Balaban J connectivity index is 1.57. The van der Waals surface area contributed by atoms with Crippen molar-refractivity contribution in [2.24, 2.45) is 0 Å². The zero-order chi connectivity index (χ0) is 34.1. The first-order valence-corrected chi connectivity index (χ1v) is 17.3. The van der Waals surface area contributed by atoms with E-state index >= 15 is 0 Å². The Hall–Kier alpha value is -5.10. The van der Waals surface area contributed by atoms with E-state index in [-0.39, 0.29) is 41.2 Å². The number of nitrogens with zero attached hydrogens (tertiary/aromatic N) is 3. The van der Waals surface area contributed by atoms with Gasteiger partial charge < -0.3 is 10.2 Å². The monoisotopic (exact) mass is 672 g/mol. The molecule has 2 amide bonds. The molecule has 0 heterocycles. The van der Waals surface area contributed by atoms with E-state index in [2.05, 4.69) is 5.32 Å². The van der Waals surface area contributed by atoms with Crippen LogP contribution in [0, 0.1) is 15.9 Å². The minimum Gasteiger partial charge on any atom is -0.352 e. The molecule has 1 saturated carbocycles. The molecule has 0 spiro atoms. The van der Waals surface area contributed by atoms with Gasteiger partial charge in [0.1, 0.15) is 18.4 Å². The molecule has 0 aliphatic heterocycles. The van der Waals surface area contributed by atoms with Gasteiger partial charge >= 0.3 is 0 Å². The van der Waals surface area contributed by atoms with E-state index in [1.807, 2.05) is 30.3 Å². The van der Waals surface area contributed by atoms with Crippen molar-refractivity contribution in [2.75, 3.05) is 10.8 Å². The maximum atomic E-state index is 14.6. The van der Waals surface area contributed by atoms with E-state index in [0.29, 0.717) is 5.56 Å². The Bertz CT molecular complexity index is 1820. The van der Waals surface area contributed by atoms with Crippen molar-refractivity contribution in [3.8, 4) is 0 Å². The van der Waals surface area contributed by atoms with Crippen LogP contribution >= 0.6 is 0 Å². The van der Waals surface area contributed by atoms with Gasteiger partial charge in [-0.3, -0.25) is 24.0 Å². The zero-order valence-corrected chi connectivity index (χ0v) is 27.1. The van der Waals surface area contributed by atoms with Gasteiger partial charge in [0, 0.05) is 31.1 Å². The van der Waals surface area contributed by atoms with E-state index in [4.69, 9.17) is 0 Å². The molecule has 48 heavy (non-hydrogen) atoms. The smallest absolute Gasteiger partial charge is 0.271 e. The second-order valence-corrected chi connectivity index (χ2v) is 13.7. The lowest BCUT2D eigenvalue weighted by atomic mass is 9.94. The second-order valence-electron chi connectivity index (χ2n) is 11.8. The molecule has 5 rings (SSSR count). The summed E-state index contributed by atoms with van der Waals surface area (Å²) in [5, 5.41) is 14.8. The highest BCUT2D eigenvalue weighted by Gasteiger charge is 2.35. The van der Waals surface area contributed by atoms with Gasteiger partial charge in [-0.2, -0.15) is 0 Å². The van der Waals surface area contributed by atoms with Crippen LogP contribution < -0.4 is 9.62 Å². The maximum absolute atomic E-state index is 14.6. The summed E-state index contributed by atoms with van der Waals surface area (Å²) in [4.78, 5) is 40.9. The first kappa shape index (κ1) is 34.2. The summed E-state index contributed by atoms with van der Waals surface area (Å²) >= 11 is 0. The number of nitro groups is 1. The Morgan fingerprint density at radius 1 is 0.854 bits per heavy atom.